The summed E-state index contributed by atoms with van der Waals surface area (Å²) in [6.45, 7) is 3.63. The molecule has 2 aliphatic heterocycles. The van der Waals surface area contributed by atoms with Crippen LogP contribution >= 0.6 is 0 Å². The smallest absolute Gasteiger partial charge is 0.405 e. The highest BCUT2D eigenvalue weighted by molar-refractivity contribution is 7.91. The van der Waals surface area contributed by atoms with Gasteiger partial charge in [0.1, 0.15) is 17.6 Å². The van der Waals surface area contributed by atoms with Crippen molar-refractivity contribution in [2.24, 2.45) is 17.8 Å². The molecule has 7 atom stereocenters. The Kier molecular flexibility index (Phi) is 7.57. The van der Waals surface area contributed by atoms with Crippen molar-refractivity contribution in [3.8, 4) is 0 Å². The number of amides is 4. The lowest BCUT2D eigenvalue weighted by atomic mass is 9.88. The number of fused-ring (bicyclic) bond motifs is 2. The van der Waals surface area contributed by atoms with Crippen molar-refractivity contribution in [1.29, 1.82) is 0 Å². The van der Waals surface area contributed by atoms with E-state index in [4.69, 9.17) is 0 Å². The predicted octanol–water partition coefficient (Wildman–Crippen LogP) is 0.0800. The van der Waals surface area contributed by atoms with Crippen LogP contribution < -0.4 is 15.4 Å². The molecule has 2 saturated carbocycles. The lowest BCUT2D eigenvalue weighted by Gasteiger charge is -2.32. The fourth-order valence-electron chi connectivity index (χ4n) is 5.56. The first-order chi connectivity index (χ1) is 17.3. The van der Waals surface area contributed by atoms with Gasteiger partial charge in [-0.1, -0.05) is 26.0 Å². The first-order valence-corrected chi connectivity index (χ1v) is 14.4. The van der Waals surface area contributed by atoms with Crippen molar-refractivity contribution < 1.29 is 37.8 Å². The number of allylic oxidation sites excluding steroid dienone is 1. The maximum Gasteiger partial charge on any atom is 0.405 e. The van der Waals surface area contributed by atoms with Crippen LogP contribution in [0.25, 0.3) is 0 Å². The first kappa shape index (κ1) is 27.4. The molecule has 0 radical (unpaired) electrons. The number of rotatable bonds is 4. The average molecular weight is 541 g/mol. The van der Waals surface area contributed by atoms with Gasteiger partial charge in [-0.2, -0.15) is 0 Å². The molecule has 37 heavy (non-hydrogen) atoms. The molecule has 0 aromatic carbocycles. The van der Waals surface area contributed by atoms with E-state index in [0.717, 1.165) is 6.42 Å². The summed E-state index contributed by atoms with van der Waals surface area (Å²) < 4.78 is 27.0. The summed E-state index contributed by atoms with van der Waals surface area (Å²) in [6.07, 6.45) is 4.42. The number of nitrogens with zero attached hydrogens (tertiary/aromatic N) is 1. The van der Waals surface area contributed by atoms with E-state index in [1.54, 1.807) is 6.92 Å². The molecular weight excluding hydrogens is 504 g/mol. The van der Waals surface area contributed by atoms with E-state index >= 15 is 0 Å². The van der Waals surface area contributed by atoms with Crippen LogP contribution in [0.4, 0.5) is 4.79 Å². The molecule has 13 heteroatoms. The zero-order valence-electron chi connectivity index (χ0n) is 21.1. The van der Waals surface area contributed by atoms with Crippen molar-refractivity contribution in [2.75, 3.05) is 6.54 Å². The first-order valence-electron chi connectivity index (χ1n) is 12.9. The molecule has 0 aromatic rings. The molecule has 5 N–H and O–H groups in total. The maximum atomic E-state index is 13.5. The van der Waals surface area contributed by atoms with Gasteiger partial charge in [0.05, 0.1) is 11.4 Å². The average Bonchev–Trinajstić information content (AvgIpc) is 3.72. The summed E-state index contributed by atoms with van der Waals surface area (Å²) in [4.78, 5) is 52.8. The van der Waals surface area contributed by atoms with Gasteiger partial charge >= 0.3 is 6.09 Å². The van der Waals surface area contributed by atoms with E-state index < -0.39 is 68.7 Å². The van der Waals surface area contributed by atoms with Crippen molar-refractivity contribution in [3.63, 3.8) is 0 Å². The van der Waals surface area contributed by atoms with Crippen LogP contribution in [0.2, 0.25) is 0 Å². The highest BCUT2D eigenvalue weighted by Crippen LogP contribution is 2.46. The van der Waals surface area contributed by atoms with Gasteiger partial charge in [0.25, 0.3) is 5.91 Å². The topological polar surface area (TPSA) is 182 Å². The maximum absolute atomic E-state index is 13.5. The van der Waals surface area contributed by atoms with Crippen molar-refractivity contribution in [3.05, 3.63) is 12.2 Å². The van der Waals surface area contributed by atoms with Crippen molar-refractivity contribution in [2.45, 2.75) is 87.8 Å². The lowest BCUT2D eigenvalue weighted by molar-refractivity contribution is -0.142. The van der Waals surface area contributed by atoms with Crippen LogP contribution in [0.1, 0.15) is 58.8 Å². The zero-order chi connectivity index (χ0) is 27.1. The van der Waals surface area contributed by atoms with Gasteiger partial charge < -0.3 is 25.7 Å². The molecule has 1 unspecified atom stereocenters. The molecule has 2 aliphatic carbocycles. The van der Waals surface area contributed by atoms with Gasteiger partial charge in [-0.25, -0.2) is 13.2 Å². The van der Waals surface area contributed by atoms with Gasteiger partial charge in [0.15, 0.2) is 0 Å². The summed E-state index contributed by atoms with van der Waals surface area (Å²) >= 11 is 0. The number of aliphatic hydroxyl groups is 1. The van der Waals surface area contributed by atoms with E-state index in [9.17, 15) is 37.8 Å². The Hall–Kier alpha value is -2.67. The summed E-state index contributed by atoms with van der Waals surface area (Å²) in [6, 6.07) is -2.25. The van der Waals surface area contributed by atoms with Crippen LogP contribution in [0.15, 0.2) is 12.2 Å². The Morgan fingerprint density at radius 2 is 1.86 bits per heavy atom. The summed E-state index contributed by atoms with van der Waals surface area (Å²) in [5.41, 5.74) is -1.48. The van der Waals surface area contributed by atoms with Crippen LogP contribution in [0.3, 0.4) is 0 Å². The summed E-state index contributed by atoms with van der Waals surface area (Å²) in [5, 5.41) is 24.1. The minimum atomic E-state index is -3.84. The summed E-state index contributed by atoms with van der Waals surface area (Å²) in [7, 11) is -3.84. The number of carbonyl (C=O) groups excluding carboxylic acids is 3. The Bertz CT molecular complexity index is 1090. The molecule has 206 valence electrons. The fourth-order valence-corrected chi connectivity index (χ4v) is 6.93. The molecule has 12 nitrogen and oxygen atoms in total. The Morgan fingerprint density at radius 3 is 2.51 bits per heavy atom. The molecule has 4 aliphatic rings. The highest BCUT2D eigenvalue weighted by Gasteiger charge is 2.62. The standard InChI is InChI=1S/C24H36N4O8S/c1-13-5-3-4-6-15-11-24(15,22(32)27-37(35,36)17-7-8-17)26-20(30)18-10-16(29)12-28(18)21(31)19(14(2)9-13)25-23(33)34/h4,6,13-19,25,29H,3,5,7-12H2,1-2H3,(H,26,30)(H,27,32)(H,33,34)/t13?,14-,15-,16-,18+,19+,24-/m1/s1. The van der Waals surface area contributed by atoms with E-state index in [1.165, 1.54) is 4.90 Å². The Labute approximate surface area is 216 Å². The Morgan fingerprint density at radius 1 is 1.16 bits per heavy atom. The second-order valence-electron chi connectivity index (χ2n) is 11.1. The second-order valence-corrected chi connectivity index (χ2v) is 13.1. The SMILES string of the molecule is CC1CCC=C[C@@H]2C[C@@]2(C(=O)NS(=O)(=O)C2CC2)NC(=O)[C@@H]2C[C@@H](O)CN2C(=O)[C@@H](NC(=O)O)[C@H](C)C1. The molecule has 4 amide bonds. The number of hydrogen-bond donors (Lipinski definition) is 5. The van der Waals surface area contributed by atoms with E-state index in [1.807, 2.05) is 19.1 Å². The van der Waals surface area contributed by atoms with Crippen molar-refractivity contribution in [1.82, 2.24) is 20.3 Å². The zero-order valence-corrected chi connectivity index (χ0v) is 21.9. The number of carbonyl (C=O) groups is 4. The van der Waals surface area contributed by atoms with Crippen LogP contribution in [-0.2, 0) is 24.4 Å². The molecular formula is C24H36N4O8S. The number of carboxylic acid groups (broad SMARTS) is 1. The van der Waals surface area contributed by atoms with Gasteiger partial charge in [-0.3, -0.25) is 19.1 Å². The minimum Gasteiger partial charge on any atom is -0.465 e. The monoisotopic (exact) mass is 540 g/mol. The molecule has 0 bridgehead atoms. The van der Waals surface area contributed by atoms with E-state index in [0.29, 0.717) is 25.7 Å². The van der Waals surface area contributed by atoms with E-state index in [2.05, 4.69) is 15.4 Å². The van der Waals surface area contributed by atoms with Crippen LogP contribution in [0.5, 0.6) is 0 Å². The number of hydrogen-bond acceptors (Lipinski definition) is 7. The highest BCUT2D eigenvalue weighted by atomic mass is 32.2. The fraction of sp³-hybridized carbons (Fsp3) is 0.750. The lowest BCUT2D eigenvalue weighted by Crippen LogP contribution is -2.59. The molecule has 4 rings (SSSR count). The number of sulfonamides is 1. The van der Waals surface area contributed by atoms with Gasteiger partial charge in [0, 0.05) is 18.9 Å². The van der Waals surface area contributed by atoms with Crippen LogP contribution in [0, 0.1) is 17.8 Å². The predicted molar refractivity (Wildman–Crippen MR) is 131 cm³/mol. The number of nitrogens with one attached hydrogen (secondary N) is 3. The molecule has 2 heterocycles. The summed E-state index contributed by atoms with van der Waals surface area (Å²) in [5.74, 6) is -2.74. The molecule has 3 fully saturated rings. The molecule has 1 saturated heterocycles. The molecule has 0 aromatic heterocycles. The quantitative estimate of drug-likeness (QED) is 0.311. The Balaban J connectivity index is 1.63. The third-order valence-corrected chi connectivity index (χ3v) is 9.73. The van der Waals surface area contributed by atoms with Gasteiger partial charge in [-0.15, -0.1) is 0 Å². The normalized spacial score (nSPS) is 36.9. The third kappa shape index (κ3) is 5.92. The van der Waals surface area contributed by atoms with Crippen molar-refractivity contribution >= 4 is 33.8 Å². The molecule has 0 spiro atoms. The van der Waals surface area contributed by atoms with E-state index in [-0.39, 0.29) is 31.2 Å². The second kappa shape index (κ2) is 10.2. The van der Waals surface area contributed by atoms with Gasteiger partial charge in [-0.05, 0) is 50.4 Å². The minimum absolute atomic E-state index is 0.0826. The largest absolute Gasteiger partial charge is 0.465 e. The van der Waals surface area contributed by atoms with Crippen LogP contribution in [-0.4, -0.2) is 82.9 Å². The third-order valence-electron chi connectivity index (χ3n) is 7.91. The van der Waals surface area contributed by atoms with Gasteiger partial charge in [0.2, 0.25) is 21.8 Å². The number of aliphatic hydroxyl groups excluding tert-OH is 1.